The van der Waals surface area contributed by atoms with Gasteiger partial charge in [0.15, 0.2) is 0 Å². The lowest BCUT2D eigenvalue weighted by Gasteiger charge is -2.30. The summed E-state index contributed by atoms with van der Waals surface area (Å²) in [5, 5.41) is 2.43. The largest absolute Gasteiger partial charge is 0.497 e. The summed E-state index contributed by atoms with van der Waals surface area (Å²) >= 11 is 0. The van der Waals surface area contributed by atoms with E-state index in [9.17, 15) is 9.59 Å². The molecule has 1 N–H and O–H groups in total. The first-order valence-electron chi connectivity index (χ1n) is 7.15. The number of imide groups is 1. The number of nitrogens with one attached hydrogen (secondary N) is 1. The van der Waals surface area contributed by atoms with Crippen LogP contribution in [-0.4, -0.2) is 26.0 Å². The van der Waals surface area contributed by atoms with E-state index in [0.29, 0.717) is 17.9 Å². The summed E-state index contributed by atoms with van der Waals surface area (Å²) in [5.74, 6) is 0.606. The first kappa shape index (κ1) is 15.4. The molecule has 1 saturated heterocycles. The van der Waals surface area contributed by atoms with E-state index in [1.54, 1.807) is 20.3 Å². The van der Waals surface area contributed by atoms with Crippen LogP contribution in [0, 0.1) is 5.92 Å². The molecule has 5 heteroatoms. The van der Waals surface area contributed by atoms with Gasteiger partial charge in [-0.15, -0.1) is 0 Å². The number of ether oxygens (including phenoxy) is 2. The molecular formula is C16H21NO4. The maximum atomic E-state index is 12.1. The molecule has 1 aromatic rings. The highest BCUT2D eigenvalue weighted by Gasteiger charge is 2.36. The van der Waals surface area contributed by atoms with Gasteiger partial charge in [-0.25, -0.2) is 0 Å². The van der Waals surface area contributed by atoms with Crippen LogP contribution in [0.2, 0.25) is 0 Å². The van der Waals surface area contributed by atoms with Gasteiger partial charge in [0.05, 0.1) is 14.2 Å². The highest BCUT2D eigenvalue weighted by Crippen LogP contribution is 2.37. The van der Waals surface area contributed by atoms with Crippen molar-refractivity contribution in [1.29, 1.82) is 0 Å². The molecule has 0 radical (unpaired) electrons. The van der Waals surface area contributed by atoms with Crippen LogP contribution >= 0.6 is 0 Å². The lowest BCUT2D eigenvalue weighted by atomic mass is 9.78. The monoisotopic (exact) mass is 291 g/mol. The summed E-state index contributed by atoms with van der Waals surface area (Å²) in [4.78, 5) is 23.8. The van der Waals surface area contributed by atoms with Crippen LogP contribution in [-0.2, 0) is 9.59 Å². The maximum absolute atomic E-state index is 12.1. The molecule has 21 heavy (non-hydrogen) atoms. The third-order valence-electron chi connectivity index (χ3n) is 3.89. The molecule has 2 amide bonds. The number of carbonyl (C=O) groups excluding carboxylic acids is 2. The Morgan fingerprint density at radius 2 is 1.76 bits per heavy atom. The molecular weight excluding hydrogens is 270 g/mol. The molecule has 1 aliphatic heterocycles. The summed E-state index contributed by atoms with van der Waals surface area (Å²) in [7, 11) is 3.17. The second kappa shape index (κ2) is 6.61. The molecule has 0 aromatic heterocycles. The van der Waals surface area contributed by atoms with Gasteiger partial charge in [0.1, 0.15) is 11.5 Å². The van der Waals surface area contributed by atoms with Gasteiger partial charge in [-0.2, -0.15) is 0 Å². The number of hydrogen-bond acceptors (Lipinski definition) is 4. The van der Waals surface area contributed by atoms with E-state index < -0.39 is 0 Å². The van der Waals surface area contributed by atoms with Crippen molar-refractivity contribution in [3.8, 4) is 11.5 Å². The van der Waals surface area contributed by atoms with E-state index in [4.69, 9.17) is 9.47 Å². The molecule has 1 aromatic carbocycles. The molecule has 1 heterocycles. The Labute approximate surface area is 124 Å². The first-order valence-corrected chi connectivity index (χ1v) is 7.15. The van der Waals surface area contributed by atoms with Crippen molar-refractivity contribution in [2.75, 3.05) is 14.2 Å². The number of hydrogen-bond donors (Lipinski definition) is 1. The van der Waals surface area contributed by atoms with Crippen molar-refractivity contribution < 1.29 is 19.1 Å². The van der Waals surface area contributed by atoms with Crippen molar-refractivity contribution in [3.05, 3.63) is 23.8 Å². The number of rotatable bonds is 5. The van der Waals surface area contributed by atoms with Crippen molar-refractivity contribution in [2.24, 2.45) is 5.92 Å². The number of carbonyl (C=O) groups is 2. The van der Waals surface area contributed by atoms with Gasteiger partial charge in [-0.1, -0.05) is 13.3 Å². The normalized spacial score (nSPS) is 21.9. The molecule has 1 fully saturated rings. The summed E-state index contributed by atoms with van der Waals surface area (Å²) in [6.07, 6.45) is 1.96. The molecule has 114 valence electrons. The smallest absolute Gasteiger partial charge is 0.230 e. The average molecular weight is 291 g/mol. The summed E-state index contributed by atoms with van der Waals surface area (Å²) in [6, 6.07) is 5.53. The Bertz CT molecular complexity index is 519. The van der Waals surface area contributed by atoms with E-state index in [1.165, 1.54) is 0 Å². The standard InChI is InChI=1S/C16H21NO4/c1-4-5-13-14(9-15(18)17-16(13)19)10-6-11(20-2)8-12(7-10)21-3/h6-8,13-14H,4-5,9H2,1-3H3,(H,17,18,19). The zero-order valence-corrected chi connectivity index (χ0v) is 12.6. The van der Waals surface area contributed by atoms with Crippen molar-refractivity contribution in [2.45, 2.75) is 32.1 Å². The van der Waals surface area contributed by atoms with Gasteiger partial charge in [0.2, 0.25) is 11.8 Å². The SMILES string of the molecule is CCCC1C(=O)NC(=O)CC1c1cc(OC)cc(OC)c1. The Balaban J connectivity index is 2.40. The number of benzene rings is 1. The van der Waals surface area contributed by atoms with Crippen LogP contribution in [0.1, 0.15) is 37.7 Å². The minimum atomic E-state index is -0.223. The van der Waals surface area contributed by atoms with Crippen LogP contribution in [0.5, 0.6) is 11.5 Å². The molecule has 5 nitrogen and oxygen atoms in total. The molecule has 2 unspecified atom stereocenters. The second-order valence-electron chi connectivity index (χ2n) is 5.26. The Morgan fingerprint density at radius 3 is 2.29 bits per heavy atom. The van der Waals surface area contributed by atoms with Crippen molar-refractivity contribution in [1.82, 2.24) is 5.32 Å². The molecule has 0 spiro atoms. The van der Waals surface area contributed by atoms with E-state index in [0.717, 1.165) is 18.4 Å². The van der Waals surface area contributed by atoms with Gasteiger partial charge in [-0.3, -0.25) is 14.9 Å². The van der Waals surface area contributed by atoms with Gasteiger partial charge < -0.3 is 9.47 Å². The minimum absolute atomic E-state index is 0.129. The minimum Gasteiger partial charge on any atom is -0.497 e. The summed E-state index contributed by atoms with van der Waals surface area (Å²) in [6.45, 7) is 2.03. The third-order valence-corrected chi connectivity index (χ3v) is 3.89. The molecule has 0 aliphatic carbocycles. The fraction of sp³-hybridized carbons (Fsp3) is 0.500. The molecule has 2 rings (SSSR count). The predicted molar refractivity (Wildman–Crippen MR) is 78.5 cm³/mol. The highest BCUT2D eigenvalue weighted by atomic mass is 16.5. The maximum Gasteiger partial charge on any atom is 0.230 e. The molecule has 0 saturated carbocycles. The van der Waals surface area contributed by atoms with Gasteiger partial charge >= 0.3 is 0 Å². The molecule has 0 bridgehead atoms. The first-order chi connectivity index (χ1) is 10.1. The van der Waals surface area contributed by atoms with Crippen LogP contribution in [0.4, 0.5) is 0 Å². The van der Waals surface area contributed by atoms with E-state index in [1.807, 2.05) is 19.1 Å². The number of piperidine rings is 1. The lowest BCUT2D eigenvalue weighted by Crippen LogP contribution is -2.44. The summed E-state index contributed by atoms with van der Waals surface area (Å²) in [5.41, 5.74) is 0.910. The van der Waals surface area contributed by atoms with Gasteiger partial charge in [0.25, 0.3) is 0 Å². The van der Waals surface area contributed by atoms with Crippen LogP contribution in [0.15, 0.2) is 18.2 Å². The zero-order chi connectivity index (χ0) is 15.4. The summed E-state index contributed by atoms with van der Waals surface area (Å²) < 4.78 is 10.5. The lowest BCUT2D eigenvalue weighted by molar-refractivity contribution is -0.137. The molecule has 2 atom stereocenters. The van der Waals surface area contributed by atoms with Crippen LogP contribution in [0.25, 0.3) is 0 Å². The van der Waals surface area contributed by atoms with Crippen LogP contribution < -0.4 is 14.8 Å². The molecule has 1 aliphatic rings. The Morgan fingerprint density at radius 1 is 1.14 bits per heavy atom. The van der Waals surface area contributed by atoms with Crippen molar-refractivity contribution >= 4 is 11.8 Å². The fourth-order valence-electron chi connectivity index (χ4n) is 2.84. The third kappa shape index (κ3) is 3.35. The number of methoxy groups -OCH3 is 2. The van der Waals surface area contributed by atoms with Crippen LogP contribution in [0.3, 0.4) is 0 Å². The fourth-order valence-corrected chi connectivity index (χ4v) is 2.84. The highest BCUT2D eigenvalue weighted by molar-refractivity contribution is 5.99. The van der Waals surface area contributed by atoms with Gasteiger partial charge in [-0.05, 0) is 24.1 Å². The van der Waals surface area contributed by atoms with Crippen molar-refractivity contribution in [3.63, 3.8) is 0 Å². The second-order valence-corrected chi connectivity index (χ2v) is 5.26. The number of amides is 2. The topological polar surface area (TPSA) is 64.6 Å². The zero-order valence-electron chi connectivity index (χ0n) is 12.6. The average Bonchev–Trinajstić information content (AvgIpc) is 2.49. The Kier molecular flexibility index (Phi) is 4.83. The quantitative estimate of drug-likeness (QED) is 0.845. The van der Waals surface area contributed by atoms with E-state index in [-0.39, 0.29) is 23.7 Å². The van der Waals surface area contributed by atoms with E-state index >= 15 is 0 Å². The predicted octanol–water partition coefficient (Wildman–Crippen LogP) is 2.25. The van der Waals surface area contributed by atoms with E-state index in [2.05, 4.69) is 5.32 Å². The Hall–Kier alpha value is -2.04. The van der Waals surface area contributed by atoms with Gasteiger partial charge in [0, 0.05) is 24.3 Å².